The lowest BCUT2D eigenvalue weighted by Crippen LogP contribution is -2.52. The van der Waals surface area contributed by atoms with Crippen molar-refractivity contribution in [3.05, 3.63) is 0 Å². The first kappa shape index (κ1) is 16.3. The molecule has 0 bridgehead atoms. The first-order valence-electron chi connectivity index (χ1n) is 9.53. The number of hydrogen-bond acceptors (Lipinski definition) is 4. The summed E-state index contributed by atoms with van der Waals surface area (Å²) in [4.78, 5) is 27.3. The lowest BCUT2D eigenvalue weighted by Gasteiger charge is -2.34. The van der Waals surface area contributed by atoms with E-state index in [4.69, 9.17) is 0 Å². The highest BCUT2D eigenvalue weighted by Gasteiger charge is 2.56. The largest absolute Gasteiger partial charge is 0.388 e. The molecule has 0 aromatic carbocycles. The van der Waals surface area contributed by atoms with Crippen LogP contribution in [0.1, 0.15) is 44.9 Å². The molecule has 6 nitrogen and oxygen atoms in total. The Morgan fingerprint density at radius 1 is 1.21 bits per heavy atom. The van der Waals surface area contributed by atoms with Crippen molar-refractivity contribution >= 4 is 11.8 Å². The van der Waals surface area contributed by atoms with Crippen molar-refractivity contribution in [1.29, 1.82) is 0 Å². The Balaban J connectivity index is 1.41. The molecule has 2 atom stereocenters. The minimum absolute atomic E-state index is 0.0163. The van der Waals surface area contributed by atoms with Crippen LogP contribution in [0.4, 0.5) is 0 Å². The first-order valence-corrected chi connectivity index (χ1v) is 9.53. The number of nitrogens with zero attached hydrogens (tertiary/aromatic N) is 1. The molecule has 2 aliphatic carbocycles. The molecule has 134 valence electrons. The summed E-state index contributed by atoms with van der Waals surface area (Å²) in [6.45, 7) is 3.00. The molecule has 0 spiro atoms. The van der Waals surface area contributed by atoms with Gasteiger partial charge in [-0.25, -0.2) is 0 Å². The van der Waals surface area contributed by atoms with E-state index < -0.39 is 11.0 Å². The van der Waals surface area contributed by atoms with Gasteiger partial charge in [0.2, 0.25) is 11.8 Å². The fraction of sp³-hybridized carbons (Fsp3) is 0.889. The van der Waals surface area contributed by atoms with Gasteiger partial charge in [-0.2, -0.15) is 0 Å². The maximum atomic E-state index is 13.0. The maximum absolute atomic E-state index is 13.0. The Kier molecular flexibility index (Phi) is 4.07. The summed E-state index contributed by atoms with van der Waals surface area (Å²) >= 11 is 0. The lowest BCUT2D eigenvalue weighted by atomic mass is 9.79. The van der Waals surface area contributed by atoms with Crippen molar-refractivity contribution in [3.63, 3.8) is 0 Å². The summed E-state index contributed by atoms with van der Waals surface area (Å²) in [5.41, 5.74) is -1.25. The summed E-state index contributed by atoms with van der Waals surface area (Å²) in [6.07, 6.45) is 6.79. The highest BCUT2D eigenvalue weighted by molar-refractivity contribution is 5.87. The first-order chi connectivity index (χ1) is 11.5. The average Bonchev–Trinajstić information content (AvgIpc) is 3.24. The van der Waals surface area contributed by atoms with Crippen molar-refractivity contribution in [3.8, 4) is 0 Å². The number of rotatable bonds is 4. The monoisotopic (exact) mass is 335 g/mol. The van der Waals surface area contributed by atoms with Crippen molar-refractivity contribution in [2.75, 3.05) is 32.7 Å². The molecule has 4 aliphatic rings. The van der Waals surface area contributed by atoms with Crippen molar-refractivity contribution in [2.24, 2.45) is 17.3 Å². The van der Waals surface area contributed by atoms with Gasteiger partial charge in [0.25, 0.3) is 0 Å². The standard InChI is InChI=1S/C18H29N3O3/c22-15(13-4-5-13)21-9-14-8-19-11-18(14,12-21)16(23)20-10-17(24)6-2-1-3-7-17/h13-14,19,24H,1-12H2,(H,20,23)/t14-,18-/m1/s1. The number of aliphatic hydroxyl groups is 1. The SMILES string of the molecule is O=C(C1CC1)N1C[C@H]2CNC[C@@]2(C(=O)NCC2(O)CCCCC2)C1. The van der Waals surface area contributed by atoms with E-state index in [-0.39, 0.29) is 23.7 Å². The third-order valence-corrected chi connectivity index (χ3v) is 6.58. The molecule has 0 aromatic heterocycles. The van der Waals surface area contributed by atoms with E-state index in [9.17, 15) is 14.7 Å². The predicted molar refractivity (Wildman–Crippen MR) is 89.1 cm³/mol. The van der Waals surface area contributed by atoms with Gasteiger partial charge in [-0.05, 0) is 25.7 Å². The van der Waals surface area contributed by atoms with Gasteiger partial charge < -0.3 is 20.6 Å². The van der Waals surface area contributed by atoms with Crippen molar-refractivity contribution in [2.45, 2.75) is 50.5 Å². The second-order valence-corrected chi connectivity index (χ2v) is 8.44. The van der Waals surface area contributed by atoms with Crippen LogP contribution in [0, 0.1) is 17.3 Å². The molecule has 6 heteroatoms. The van der Waals surface area contributed by atoms with Gasteiger partial charge >= 0.3 is 0 Å². The van der Waals surface area contributed by atoms with Crippen LogP contribution >= 0.6 is 0 Å². The van der Waals surface area contributed by atoms with Gasteiger partial charge in [-0.3, -0.25) is 9.59 Å². The number of carbonyl (C=O) groups excluding carboxylic acids is 2. The van der Waals surface area contributed by atoms with Crippen molar-refractivity contribution in [1.82, 2.24) is 15.5 Å². The van der Waals surface area contributed by atoms with Gasteiger partial charge in [-0.15, -0.1) is 0 Å². The van der Waals surface area contributed by atoms with Gasteiger partial charge in [0.05, 0.1) is 11.0 Å². The molecular formula is C18H29N3O3. The van der Waals surface area contributed by atoms with Crippen molar-refractivity contribution < 1.29 is 14.7 Å². The van der Waals surface area contributed by atoms with E-state index in [0.717, 1.165) is 45.1 Å². The lowest BCUT2D eigenvalue weighted by molar-refractivity contribution is -0.134. The van der Waals surface area contributed by atoms with E-state index in [1.165, 1.54) is 6.42 Å². The maximum Gasteiger partial charge on any atom is 0.229 e. The number of nitrogens with one attached hydrogen (secondary N) is 2. The number of hydrogen-bond donors (Lipinski definition) is 3. The molecule has 0 aromatic rings. The molecule has 4 rings (SSSR count). The molecule has 24 heavy (non-hydrogen) atoms. The Hall–Kier alpha value is -1.14. The summed E-state index contributed by atoms with van der Waals surface area (Å²) in [6, 6.07) is 0. The topological polar surface area (TPSA) is 81.7 Å². The normalized spacial score (nSPS) is 34.9. The smallest absolute Gasteiger partial charge is 0.229 e. The zero-order valence-electron chi connectivity index (χ0n) is 14.4. The summed E-state index contributed by atoms with van der Waals surface area (Å²) in [5.74, 6) is 0.658. The van der Waals surface area contributed by atoms with E-state index in [1.54, 1.807) is 0 Å². The summed E-state index contributed by atoms with van der Waals surface area (Å²) in [5, 5.41) is 17.0. The molecule has 4 fully saturated rings. The van der Waals surface area contributed by atoms with Crippen LogP contribution in [-0.2, 0) is 9.59 Å². The Morgan fingerprint density at radius 2 is 1.96 bits per heavy atom. The van der Waals surface area contributed by atoms with Gasteiger partial charge in [0, 0.05) is 44.6 Å². The fourth-order valence-electron chi connectivity index (χ4n) is 4.81. The highest BCUT2D eigenvalue weighted by Crippen LogP contribution is 2.42. The minimum Gasteiger partial charge on any atom is -0.388 e. The third-order valence-electron chi connectivity index (χ3n) is 6.58. The molecule has 2 amide bonds. The molecule has 3 N–H and O–H groups in total. The number of carbonyl (C=O) groups is 2. The zero-order chi connectivity index (χ0) is 16.8. The van der Waals surface area contributed by atoms with Crippen LogP contribution in [0.25, 0.3) is 0 Å². The predicted octanol–water partition coefficient (Wildman–Crippen LogP) is 0.256. The summed E-state index contributed by atoms with van der Waals surface area (Å²) in [7, 11) is 0. The van der Waals surface area contributed by atoms with E-state index >= 15 is 0 Å². The second kappa shape index (κ2) is 5.99. The Labute approximate surface area is 143 Å². The third kappa shape index (κ3) is 2.84. The van der Waals surface area contributed by atoms with Crippen LogP contribution < -0.4 is 10.6 Å². The van der Waals surface area contributed by atoms with Gasteiger partial charge in [0.1, 0.15) is 0 Å². The zero-order valence-corrected chi connectivity index (χ0v) is 14.4. The molecule has 0 radical (unpaired) electrons. The number of fused-ring (bicyclic) bond motifs is 1. The van der Waals surface area contributed by atoms with E-state index in [0.29, 0.717) is 26.2 Å². The molecule has 2 saturated heterocycles. The van der Waals surface area contributed by atoms with Crippen LogP contribution in [0.3, 0.4) is 0 Å². The molecule has 2 aliphatic heterocycles. The van der Waals surface area contributed by atoms with E-state index in [1.807, 2.05) is 4.90 Å². The van der Waals surface area contributed by atoms with Gasteiger partial charge in [-0.1, -0.05) is 19.3 Å². The second-order valence-electron chi connectivity index (χ2n) is 8.44. The Bertz CT molecular complexity index is 528. The molecule has 2 heterocycles. The number of likely N-dealkylation sites (tertiary alicyclic amines) is 1. The summed E-state index contributed by atoms with van der Waals surface area (Å²) < 4.78 is 0. The quantitative estimate of drug-likeness (QED) is 0.688. The molecular weight excluding hydrogens is 306 g/mol. The Morgan fingerprint density at radius 3 is 2.67 bits per heavy atom. The average molecular weight is 335 g/mol. The van der Waals surface area contributed by atoms with E-state index in [2.05, 4.69) is 10.6 Å². The minimum atomic E-state index is -0.742. The van der Waals surface area contributed by atoms with Crippen LogP contribution in [-0.4, -0.2) is 60.1 Å². The molecule has 2 saturated carbocycles. The fourth-order valence-corrected chi connectivity index (χ4v) is 4.81. The molecule has 0 unspecified atom stereocenters. The van der Waals surface area contributed by atoms with Gasteiger partial charge in [0.15, 0.2) is 0 Å². The van der Waals surface area contributed by atoms with Crippen LogP contribution in [0.15, 0.2) is 0 Å². The highest BCUT2D eigenvalue weighted by atomic mass is 16.3. The van der Waals surface area contributed by atoms with Crippen LogP contribution in [0.2, 0.25) is 0 Å². The number of amides is 2. The van der Waals surface area contributed by atoms with Crippen LogP contribution in [0.5, 0.6) is 0 Å².